The predicted molar refractivity (Wildman–Crippen MR) is 84.9 cm³/mol. The van der Waals surface area contributed by atoms with Crippen molar-refractivity contribution in [1.82, 2.24) is 10.4 Å². The molecule has 8 heteroatoms. The lowest BCUT2D eigenvalue weighted by molar-refractivity contribution is -0.0934. The largest absolute Gasteiger partial charge is 0.444 e. The van der Waals surface area contributed by atoms with Crippen molar-refractivity contribution in [2.24, 2.45) is 5.73 Å². The molecule has 8 nitrogen and oxygen atoms in total. The molecule has 0 aromatic heterocycles. The standard InChI is InChI=1S/C16H21N3O5/c1-16(2,3)24-15(22)18-12(17)8-9-23-19-13(20)10-6-4-5-7-11(10)14(19)21/h4-7,12H,8-9,17H2,1-3H3,(H,18,22). The maximum atomic E-state index is 12.1. The summed E-state index contributed by atoms with van der Waals surface area (Å²) in [7, 11) is 0. The molecule has 0 fully saturated rings. The zero-order valence-corrected chi connectivity index (χ0v) is 13.9. The Labute approximate surface area is 139 Å². The summed E-state index contributed by atoms with van der Waals surface area (Å²) in [5.74, 6) is -1.02. The molecule has 0 aliphatic carbocycles. The van der Waals surface area contributed by atoms with E-state index >= 15 is 0 Å². The Bertz CT molecular complexity index is 618. The van der Waals surface area contributed by atoms with Crippen LogP contribution in [-0.2, 0) is 9.57 Å². The molecule has 24 heavy (non-hydrogen) atoms. The number of nitrogens with one attached hydrogen (secondary N) is 1. The fourth-order valence-electron chi connectivity index (χ4n) is 2.09. The highest BCUT2D eigenvalue weighted by Gasteiger charge is 2.36. The number of alkyl carbamates (subject to hydrolysis) is 1. The third kappa shape index (κ3) is 4.30. The molecule has 1 heterocycles. The van der Waals surface area contributed by atoms with Crippen LogP contribution in [0.4, 0.5) is 4.79 Å². The number of nitrogens with zero attached hydrogens (tertiary/aromatic N) is 1. The predicted octanol–water partition coefficient (Wildman–Crippen LogP) is 1.41. The minimum atomic E-state index is -0.727. The lowest BCUT2D eigenvalue weighted by Crippen LogP contribution is -2.45. The summed E-state index contributed by atoms with van der Waals surface area (Å²) in [4.78, 5) is 40.9. The van der Waals surface area contributed by atoms with E-state index < -0.39 is 29.7 Å². The first-order valence-corrected chi connectivity index (χ1v) is 7.55. The zero-order chi connectivity index (χ0) is 17.9. The maximum Gasteiger partial charge on any atom is 0.408 e. The second kappa shape index (κ2) is 6.98. The number of carbonyl (C=O) groups is 3. The van der Waals surface area contributed by atoms with Crippen LogP contribution in [0.2, 0.25) is 0 Å². The monoisotopic (exact) mass is 335 g/mol. The molecule has 1 aromatic carbocycles. The number of carbonyl (C=O) groups excluding carboxylic acids is 3. The Morgan fingerprint density at radius 1 is 1.21 bits per heavy atom. The van der Waals surface area contributed by atoms with Crippen molar-refractivity contribution >= 4 is 17.9 Å². The van der Waals surface area contributed by atoms with E-state index in [-0.39, 0.29) is 13.0 Å². The van der Waals surface area contributed by atoms with Gasteiger partial charge in [0.1, 0.15) is 5.60 Å². The fraction of sp³-hybridized carbons (Fsp3) is 0.438. The molecule has 1 unspecified atom stereocenters. The highest BCUT2D eigenvalue weighted by atomic mass is 16.7. The molecule has 1 aliphatic heterocycles. The molecular weight excluding hydrogens is 314 g/mol. The van der Waals surface area contributed by atoms with Gasteiger partial charge < -0.3 is 15.8 Å². The quantitative estimate of drug-likeness (QED) is 0.622. The van der Waals surface area contributed by atoms with Crippen LogP contribution < -0.4 is 11.1 Å². The summed E-state index contributed by atoms with van der Waals surface area (Å²) >= 11 is 0. The van der Waals surface area contributed by atoms with Gasteiger partial charge in [-0.3, -0.25) is 14.4 Å². The number of imide groups is 1. The van der Waals surface area contributed by atoms with Gasteiger partial charge in [-0.15, -0.1) is 5.06 Å². The van der Waals surface area contributed by atoms with E-state index in [0.29, 0.717) is 16.2 Å². The van der Waals surface area contributed by atoms with Gasteiger partial charge in [0.2, 0.25) is 0 Å². The first-order valence-electron chi connectivity index (χ1n) is 7.55. The van der Waals surface area contributed by atoms with Crippen molar-refractivity contribution in [3.63, 3.8) is 0 Å². The molecule has 0 saturated carbocycles. The molecule has 130 valence electrons. The van der Waals surface area contributed by atoms with Crippen LogP contribution in [-0.4, -0.2) is 41.3 Å². The number of fused-ring (bicyclic) bond motifs is 1. The fourth-order valence-corrected chi connectivity index (χ4v) is 2.09. The molecule has 0 bridgehead atoms. The van der Waals surface area contributed by atoms with Gasteiger partial charge in [0.05, 0.1) is 23.9 Å². The van der Waals surface area contributed by atoms with Crippen molar-refractivity contribution in [3.05, 3.63) is 35.4 Å². The summed E-state index contributed by atoms with van der Waals surface area (Å²) in [5.41, 5.74) is 5.74. The van der Waals surface area contributed by atoms with E-state index in [0.717, 1.165) is 0 Å². The third-order valence-corrected chi connectivity index (χ3v) is 3.11. The lowest BCUT2D eigenvalue weighted by atomic mass is 10.1. The van der Waals surface area contributed by atoms with Crippen LogP contribution in [0.15, 0.2) is 24.3 Å². The van der Waals surface area contributed by atoms with Gasteiger partial charge in [-0.2, -0.15) is 0 Å². The average Bonchev–Trinajstić information content (AvgIpc) is 2.70. The number of ether oxygens (including phenoxy) is 1. The molecule has 1 aliphatic rings. The van der Waals surface area contributed by atoms with Crippen molar-refractivity contribution in [2.75, 3.05) is 6.61 Å². The van der Waals surface area contributed by atoms with Crippen LogP contribution in [0, 0.1) is 0 Å². The van der Waals surface area contributed by atoms with Crippen molar-refractivity contribution in [1.29, 1.82) is 0 Å². The van der Waals surface area contributed by atoms with Crippen molar-refractivity contribution in [3.8, 4) is 0 Å². The summed E-state index contributed by atoms with van der Waals surface area (Å²) < 4.78 is 5.08. The molecule has 3 amide bonds. The van der Waals surface area contributed by atoms with Gasteiger partial charge in [-0.25, -0.2) is 4.79 Å². The van der Waals surface area contributed by atoms with Gasteiger partial charge in [-0.05, 0) is 32.9 Å². The molecule has 2 rings (SSSR count). The number of hydroxylamine groups is 2. The molecule has 0 saturated heterocycles. The SMILES string of the molecule is CC(C)(C)OC(=O)NC(N)CCON1C(=O)c2ccccc2C1=O. The van der Waals surface area contributed by atoms with Crippen LogP contribution in [0.25, 0.3) is 0 Å². The first kappa shape index (κ1) is 17.9. The second-order valence-corrected chi connectivity index (χ2v) is 6.32. The van der Waals surface area contributed by atoms with Gasteiger partial charge in [-0.1, -0.05) is 12.1 Å². The Hall–Kier alpha value is -2.45. The van der Waals surface area contributed by atoms with Crippen LogP contribution in [0.3, 0.4) is 0 Å². The Morgan fingerprint density at radius 2 is 1.75 bits per heavy atom. The number of hydrogen-bond donors (Lipinski definition) is 2. The minimum absolute atomic E-state index is 0.0115. The number of hydrogen-bond acceptors (Lipinski definition) is 6. The smallest absolute Gasteiger partial charge is 0.408 e. The molecule has 1 aromatic rings. The average molecular weight is 335 g/mol. The zero-order valence-electron chi connectivity index (χ0n) is 13.9. The van der Waals surface area contributed by atoms with Crippen molar-refractivity contribution < 1.29 is 24.0 Å². The van der Waals surface area contributed by atoms with E-state index in [1.165, 1.54) is 0 Å². The lowest BCUT2D eigenvalue weighted by Gasteiger charge is -2.22. The second-order valence-electron chi connectivity index (χ2n) is 6.32. The molecule has 0 spiro atoms. The van der Waals surface area contributed by atoms with Crippen LogP contribution in [0.1, 0.15) is 47.9 Å². The maximum absolute atomic E-state index is 12.1. The minimum Gasteiger partial charge on any atom is -0.444 e. The van der Waals surface area contributed by atoms with Gasteiger partial charge in [0.15, 0.2) is 0 Å². The molecular formula is C16H21N3O5. The highest BCUT2D eigenvalue weighted by Crippen LogP contribution is 2.22. The van der Waals surface area contributed by atoms with Gasteiger partial charge in [0, 0.05) is 6.42 Å². The summed E-state index contributed by atoms with van der Waals surface area (Å²) in [6.45, 7) is 5.21. The van der Waals surface area contributed by atoms with Crippen LogP contribution in [0.5, 0.6) is 0 Å². The highest BCUT2D eigenvalue weighted by molar-refractivity contribution is 6.20. The number of benzene rings is 1. The topological polar surface area (TPSA) is 111 Å². The van der Waals surface area contributed by atoms with E-state index in [9.17, 15) is 14.4 Å². The Balaban J connectivity index is 1.80. The first-order chi connectivity index (χ1) is 11.2. The normalized spacial score (nSPS) is 15.2. The Morgan fingerprint density at radius 3 is 2.25 bits per heavy atom. The van der Waals surface area contributed by atoms with Gasteiger partial charge >= 0.3 is 6.09 Å². The van der Waals surface area contributed by atoms with Crippen LogP contribution >= 0.6 is 0 Å². The Kier molecular flexibility index (Phi) is 5.20. The van der Waals surface area contributed by atoms with E-state index in [1.54, 1.807) is 45.0 Å². The number of amides is 3. The van der Waals surface area contributed by atoms with E-state index in [4.69, 9.17) is 15.3 Å². The van der Waals surface area contributed by atoms with Crippen molar-refractivity contribution in [2.45, 2.75) is 39.0 Å². The third-order valence-electron chi connectivity index (χ3n) is 3.11. The summed E-state index contributed by atoms with van der Waals surface area (Å²) in [5, 5.41) is 3.16. The molecule has 0 radical (unpaired) electrons. The van der Waals surface area contributed by atoms with E-state index in [1.807, 2.05) is 0 Å². The van der Waals surface area contributed by atoms with E-state index in [2.05, 4.69) is 5.32 Å². The summed E-state index contributed by atoms with van der Waals surface area (Å²) in [6, 6.07) is 6.48. The molecule has 1 atom stereocenters. The summed E-state index contributed by atoms with van der Waals surface area (Å²) in [6.07, 6.45) is -1.17. The number of rotatable bonds is 5. The molecule has 3 N–H and O–H groups in total. The van der Waals surface area contributed by atoms with Gasteiger partial charge in [0.25, 0.3) is 11.8 Å². The number of nitrogens with two attached hydrogens (primary N) is 1.